The number of carbonyl (C=O) groups is 1. The highest BCUT2D eigenvalue weighted by atomic mass is 16.1. The van der Waals surface area contributed by atoms with Gasteiger partial charge in [-0.25, -0.2) is 0 Å². The molecule has 0 aromatic carbocycles. The van der Waals surface area contributed by atoms with Gasteiger partial charge in [0.1, 0.15) is 0 Å². The van der Waals surface area contributed by atoms with Crippen molar-refractivity contribution < 1.29 is 4.79 Å². The van der Waals surface area contributed by atoms with Crippen LogP contribution in [0.3, 0.4) is 0 Å². The fraction of sp³-hybridized carbons (Fsp3) is 0.900. The van der Waals surface area contributed by atoms with Crippen molar-refractivity contribution in [1.82, 2.24) is 5.32 Å². The number of carbonyl (C=O) groups excluding carboxylic acids is 1. The zero-order valence-corrected chi connectivity index (χ0v) is 7.88. The zero-order chi connectivity index (χ0) is 8.81. The maximum Gasteiger partial charge on any atom is 0.241 e. The highest BCUT2D eigenvalue weighted by Gasteiger charge is 2.15. The topological polar surface area (TPSA) is 31.2 Å². The Morgan fingerprint density at radius 2 is 1.83 bits per heavy atom. The molecule has 69 valence electrons. The zero-order valence-electron chi connectivity index (χ0n) is 7.88. The predicted molar refractivity (Wildman–Crippen MR) is 48.9 cm³/mol. The minimum absolute atomic E-state index is 0.0851. The molecular weight excluding hydrogens is 150 g/mol. The van der Waals surface area contributed by atoms with Crippen molar-refractivity contribution in [3.63, 3.8) is 0 Å². The van der Waals surface area contributed by atoms with E-state index in [0.29, 0.717) is 12.3 Å². The standard InChI is InChI=1S/C10H18NO/c1-11-10(12)8-9-6-4-2-3-5-7-9/h9H,2-8H2,1H3. The number of rotatable bonds is 2. The Morgan fingerprint density at radius 1 is 1.25 bits per heavy atom. The van der Waals surface area contributed by atoms with Crippen LogP contribution in [0.15, 0.2) is 0 Å². The van der Waals surface area contributed by atoms with Gasteiger partial charge < -0.3 is 0 Å². The fourth-order valence-electron chi connectivity index (χ4n) is 1.91. The Morgan fingerprint density at radius 3 is 2.33 bits per heavy atom. The van der Waals surface area contributed by atoms with Crippen LogP contribution >= 0.6 is 0 Å². The highest BCUT2D eigenvalue weighted by molar-refractivity contribution is 5.75. The minimum Gasteiger partial charge on any atom is -0.273 e. The summed E-state index contributed by atoms with van der Waals surface area (Å²) in [5.41, 5.74) is 0. The number of nitrogens with zero attached hydrogens (tertiary/aromatic N) is 1. The van der Waals surface area contributed by atoms with Crippen LogP contribution in [0.4, 0.5) is 0 Å². The van der Waals surface area contributed by atoms with Gasteiger partial charge >= 0.3 is 0 Å². The Bertz CT molecular complexity index is 137. The molecule has 0 aromatic rings. The summed E-state index contributed by atoms with van der Waals surface area (Å²) in [4.78, 5) is 11.0. The van der Waals surface area contributed by atoms with Gasteiger partial charge in [0.25, 0.3) is 0 Å². The van der Waals surface area contributed by atoms with Crippen molar-refractivity contribution in [2.75, 3.05) is 7.05 Å². The Kier molecular flexibility index (Phi) is 4.12. The fourth-order valence-corrected chi connectivity index (χ4v) is 1.91. The molecule has 0 N–H and O–H groups in total. The van der Waals surface area contributed by atoms with Crippen molar-refractivity contribution in [3.8, 4) is 0 Å². The molecule has 0 atom stereocenters. The van der Waals surface area contributed by atoms with E-state index in [4.69, 9.17) is 0 Å². The Labute approximate surface area is 74.7 Å². The molecule has 0 aromatic heterocycles. The number of hydrogen-bond donors (Lipinski definition) is 0. The van der Waals surface area contributed by atoms with E-state index in [1.165, 1.54) is 38.5 Å². The van der Waals surface area contributed by atoms with Gasteiger partial charge in [0.05, 0.1) is 0 Å². The minimum atomic E-state index is 0.0851. The molecule has 1 amide bonds. The van der Waals surface area contributed by atoms with Crippen molar-refractivity contribution in [2.45, 2.75) is 44.9 Å². The third-order valence-corrected chi connectivity index (χ3v) is 2.69. The molecule has 2 nitrogen and oxygen atoms in total. The summed E-state index contributed by atoms with van der Waals surface area (Å²) in [6.07, 6.45) is 8.49. The molecule has 12 heavy (non-hydrogen) atoms. The summed E-state index contributed by atoms with van der Waals surface area (Å²) in [5.74, 6) is 0.714. The highest BCUT2D eigenvalue weighted by Crippen LogP contribution is 2.25. The average molecular weight is 168 g/mol. The molecular formula is C10H18NO. The van der Waals surface area contributed by atoms with Gasteiger partial charge in [-0.3, -0.25) is 10.1 Å². The van der Waals surface area contributed by atoms with Crippen molar-refractivity contribution in [2.24, 2.45) is 5.92 Å². The Hall–Kier alpha value is -0.530. The van der Waals surface area contributed by atoms with E-state index in [1.54, 1.807) is 7.05 Å². The maximum absolute atomic E-state index is 11.0. The first-order chi connectivity index (χ1) is 5.83. The molecule has 1 aliphatic rings. The molecule has 1 aliphatic carbocycles. The molecule has 1 radical (unpaired) electrons. The van der Waals surface area contributed by atoms with Gasteiger partial charge in [-0.15, -0.1) is 0 Å². The summed E-state index contributed by atoms with van der Waals surface area (Å²) in [6, 6.07) is 0. The lowest BCUT2D eigenvalue weighted by Crippen LogP contribution is -2.15. The van der Waals surface area contributed by atoms with Crippen LogP contribution in [-0.2, 0) is 4.79 Å². The molecule has 0 bridgehead atoms. The molecule has 0 saturated heterocycles. The van der Waals surface area contributed by atoms with E-state index in [9.17, 15) is 4.79 Å². The summed E-state index contributed by atoms with van der Waals surface area (Å²) in [5, 5.41) is 3.67. The largest absolute Gasteiger partial charge is 0.273 e. The van der Waals surface area contributed by atoms with E-state index >= 15 is 0 Å². The monoisotopic (exact) mass is 168 g/mol. The van der Waals surface area contributed by atoms with Crippen LogP contribution in [0.5, 0.6) is 0 Å². The lowest BCUT2D eigenvalue weighted by molar-refractivity contribution is -0.121. The third kappa shape index (κ3) is 3.24. The van der Waals surface area contributed by atoms with Crippen LogP contribution in [0, 0.1) is 5.92 Å². The molecule has 0 unspecified atom stereocenters. The Balaban J connectivity index is 2.24. The van der Waals surface area contributed by atoms with Gasteiger partial charge in [-0.1, -0.05) is 25.7 Å². The van der Waals surface area contributed by atoms with Gasteiger partial charge in [-0.05, 0) is 18.8 Å². The first-order valence-corrected chi connectivity index (χ1v) is 4.95. The second-order valence-electron chi connectivity index (χ2n) is 3.68. The lowest BCUT2D eigenvalue weighted by atomic mass is 9.96. The first-order valence-electron chi connectivity index (χ1n) is 4.95. The summed E-state index contributed by atoms with van der Waals surface area (Å²) in [6.45, 7) is 0. The predicted octanol–water partition coefficient (Wildman–Crippen LogP) is 2.11. The van der Waals surface area contributed by atoms with E-state index in [0.717, 1.165) is 0 Å². The van der Waals surface area contributed by atoms with Gasteiger partial charge in [-0.2, -0.15) is 0 Å². The summed E-state index contributed by atoms with van der Waals surface area (Å²) < 4.78 is 0. The molecule has 1 rings (SSSR count). The van der Waals surface area contributed by atoms with Crippen LogP contribution in [0.1, 0.15) is 44.9 Å². The maximum atomic E-state index is 11.0. The quantitative estimate of drug-likeness (QED) is 0.581. The van der Waals surface area contributed by atoms with Crippen molar-refractivity contribution in [3.05, 3.63) is 0 Å². The van der Waals surface area contributed by atoms with Gasteiger partial charge in [0.2, 0.25) is 5.91 Å². The van der Waals surface area contributed by atoms with E-state index in [2.05, 4.69) is 5.32 Å². The summed E-state index contributed by atoms with van der Waals surface area (Å²) in [7, 11) is 1.60. The second kappa shape index (κ2) is 5.18. The molecule has 2 heteroatoms. The second-order valence-corrected chi connectivity index (χ2v) is 3.68. The first kappa shape index (κ1) is 9.56. The number of hydrogen-bond acceptors (Lipinski definition) is 1. The molecule has 1 saturated carbocycles. The molecule has 0 spiro atoms. The van der Waals surface area contributed by atoms with E-state index in [-0.39, 0.29) is 5.91 Å². The van der Waals surface area contributed by atoms with E-state index < -0.39 is 0 Å². The third-order valence-electron chi connectivity index (χ3n) is 2.69. The van der Waals surface area contributed by atoms with Crippen molar-refractivity contribution in [1.29, 1.82) is 0 Å². The smallest absolute Gasteiger partial charge is 0.241 e. The summed E-state index contributed by atoms with van der Waals surface area (Å²) >= 11 is 0. The molecule has 0 heterocycles. The molecule has 0 aliphatic heterocycles. The van der Waals surface area contributed by atoms with Crippen molar-refractivity contribution >= 4 is 5.91 Å². The van der Waals surface area contributed by atoms with Crippen LogP contribution in [0.25, 0.3) is 0 Å². The van der Waals surface area contributed by atoms with Crippen LogP contribution < -0.4 is 5.32 Å². The molecule has 1 fully saturated rings. The normalized spacial score (nSPS) is 20.1. The van der Waals surface area contributed by atoms with Gasteiger partial charge in [0.15, 0.2) is 0 Å². The average Bonchev–Trinajstić information content (AvgIpc) is 2.33. The SMILES string of the molecule is C[N]C(=O)CC1CCCCCC1. The van der Waals surface area contributed by atoms with Crippen LogP contribution in [-0.4, -0.2) is 13.0 Å². The lowest BCUT2D eigenvalue weighted by Gasteiger charge is -2.10. The number of amides is 1. The van der Waals surface area contributed by atoms with E-state index in [1.807, 2.05) is 0 Å². The van der Waals surface area contributed by atoms with Gasteiger partial charge in [0, 0.05) is 13.5 Å². The van der Waals surface area contributed by atoms with Crippen LogP contribution in [0.2, 0.25) is 0 Å².